The fraction of sp³-hybridized carbons (Fsp3) is 0.455. The zero-order valence-electron chi connectivity index (χ0n) is 7.92. The molecule has 0 unspecified atom stereocenters. The van der Waals surface area contributed by atoms with E-state index in [4.69, 9.17) is 5.73 Å². The average molecular weight is 193 g/mol. The minimum Gasteiger partial charge on any atom is -0.317 e. The molecule has 1 aromatic rings. The van der Waals surface area contributed by atoms with Crippen LogP contribution in [-0.4, -0.2) is 4.87 Å². The molecule has 0 saturated heterocycles. The molecule has 1 nitrogen and oxygen atoms in total. The highest BCUT2D eigenvalue weighted by Gasteiger charge is 2.39. The summed E-state index contributed by atoms with van der Waals surface area (Å²) >= 11 is 1.81. The molecule has 0 aromatic heterocycles. The van der Waals surface area contributed by atoms with E-state index in [0.717, 1.165) is 19.3 Å². The lowest BCUT2D eigenvalue weighted by atomic mass is 10.2. The van der Waals surface area contributed by atoms with Crippen molar-refractivity contribution >= 4 is 11.8 Å². The van der Waals surface area contributed by atoms with E-state index in [9.17, 15) is 0 Å². The zero-order chi connectivity index (χ0) is 9.31. The highest BCUT2D eigenvalue weighted by atomic mass is 32.2. The van der Waals surface area contributed by atoms with Crippen molar-refractivity contribution in [2.45, 2.75) is 36.0 Å². The van der Waals surface area contributed by atoms with E-state index in [0.29, 0.717) is 0 Å². The molecule has 0 amide bonds. The summed E-state index contributed by atoms with van der Waals surface area (Å²) in [6, 6.07) is 8.73. The lowest BCUT2D eigenvalue weighted by Crippen LogP contribution is -2.15. The van der Waals surface area contributed by atoms with Gasteiger partial charge in [-0.05, 0) is 37.0 Å². The van der Waals surface area contributed by atoms with Gasteiger partial charge in [0.05, 0.1) is 4.87 Å². The van der Waals surface area contributed by atoms with Gasteiger partial charge in [0.25, 0.3) is 0 Å². The van der Waals surface area contributed by atoms with Gasteiger partial charge in [0.2, 0.25) is 0 Å². The van der Waals surface area contributed by atoms with Crippen LogP contribution in [0.4, 0.5) is 0 Å². The van der Waals surface area contributed by atoms with Gasteiger partial charge in [-0.3, -0.25) is 0 Å². The Balaban J connectivity index is 2.05. The van der Waals surface area contributed by atoms with Gasteiger partial charge < -0.3 is 5.73 Å². The number of hydrogen-bond acceptors (Lipinski definition) is 2. The van der Waals surface area contributed by atoms with Gasteiger partial charge in [0.15, 0.2) is 0 Å². The van der Waals surface area contributed by atoms with E-state index >= 15 is 0 Å². The van der Waals surface area contributed by atoms with Crippen LogP contribution < -0.4 is 5.73 Å². The summed E-state index contributed by atoms with van der Waals surface area (Å²) in [5.74, 6) is 0. The van der Waals surface area contributed by atoms with E-state index < -0.39 is 0 Å². The number of nitrogens with two attached hydrogens (primary N) is 1. The monoisotopic (exact) mass is 193 g/mol. The van der Waals surface area contributed by atoms with Gasteiger partial charge in [0.1, 0.15) is 0 Å². The maximum Gasteiger partial charge on any atom is 0.0668 e. The Labute approximate surface area is 83.7 Å². The van der Waals surface area contributed by atoms with Gasteiger partial charge in [-0.1, -0.05) is 19.1 Å². The maximum atomic E-state index is 6.01. The van der Waals surface area contributed by atoms with Crippen molar-refractivity contribution in [1.82, 2.24) is 0 Å². The van der Waals surface area contributed by atoms with Crippen LogP contribution in [0.3, 0.4) is 0 Å². The molecule has 2 N–H and O–H groups in total. The van der Waals surface area contributed by atoms with Crippen LogP contribution in [0.5, 0.6) is 0 Å². The van der Waals surface area contributed by atoms with Crippen LogP contribution in [0.1, 0.15) is 25.3 Å². The van der Waals surface area contributed by atoms with Crippen LogP contribution in [0.25, 0.3) is 0 Å². The summed E-state index contributed by atoms with van der Waals surface area (Å²) in [6.07, 6.45) is 3.43. The molecule has 1 fully saturated rings. The standard InChI is InChI=1S/C11H15NS/c1-2-9-3-5-10(6-4-9)13-11(12)7-8-11/h3-6H,2,7-8,12H2,1H3. The van der Waals surface area contributed by atoms with E-state index in [1.807, 2.05) is 11.8 Å². The van der Waals surface area contributed by atoms with Crippen molar-refractivity contribution in [3.05, 3.63) is 29.8 Å². The Morgan fingerprint density at radius 3 is 2.38 bits per heavy atom. The molecule has 1 aliphatic rings. The molecule has 1 aliphatic carbocycles. The van der Waals surface area contributed by atoms with E-state index in [1.165, 1.54) is 10.5 Å². The van der Waals surface area contributed by atoms with Crippen LogP contribution in [0.2, 0.25) is 0 Å². The molecule has 0 radical (unpaired) electrons. The van der Waals surface area contributed by atoms with E-state index in [1.54, 1.807) is 0 Å². The predicted octanol–water partition coefficient (Wildman–Crippen LogP) is 2.79. The molecule has 0 aliphatic heterocycles. The van der Waals surface area contributed by atoms with Crippen LogP contribution in [-0.2, 0) is 6.42 Å². The van der Waals surface area contributed by atoms with Crippen molar-refractivity contribution in [3.63, 3.8) is 0 Å². The number of aryl methyl sites for hydroxylation is 1. The molecule has 13 heavy (non-hydrogen) atoms. The summed E-state index contributed by atoms with van der Waals surface area (Å²) in [6.45, 7) is 2.17. The highest BCUT2D eigenvalue weighted by molar-refractivity contribution is 8.01. The van der Waals surface area contributed by atoms with Crippen molar-refractivity contribution in [2.75, 3.05) is 0 Å². The average Bonchev–Trinajstić information content (AvgIpc) is 2.85. The molecule has 1 saturated carbocycles. The molecule has 0 spiro atoms. The Bertz CT molecular complexity index is 287. The first kappa shape index (κ1) is 9.10. The van der Waals surface area contributed by atoms with Crippen molar-refractivity contribution < 1.29 is 0 Å². The molecular formula is C11H15NS. The summed E-state index contributed by atoms with van der Waals surface area (Å²) in [7, 11) is 0. The first-order valence-electron chi connectivity index (χ1n) is 4.79. The summed E-state index contributed by atoms with van der Waals surface area (Å²) in [5, 5.41) is 0. The van der Waals surface area contributed by atoms with Crippen LogP contribution in [0.15, 0.2) is 29.2 Å². The van der Waals surface area contributed by atoms with E-state index in [2.05, 4.69) is 31.2 Å². The summed E-state index contributed by atoms with van der Waals surface area (Å²) in [4.78, 5) is 1.37. The second kappa shape index (κ2) is 3.35. The fourth-order valence-corrected chi connectivity index (χ4v) is 2.30. The third-order valence-corrected chi connectivity index (χ3v) is 3.72. The molecular weight excluding hydrogens is 178 g/mol. The Kier molecular flexibility index (Phi) is 2.35. The molecule has 2 heteroatoms. The fourth-order valence-electron chi connectivity index (χ4n) is 1.25. The third kappa shape index (κ3) is 2.26. The van der Waals surface area contributed by atoms with Crippen molar-refractivity contribution in [1.29, 1.82) is 0 Å². The molecule has 70 valence electrons. The van der Waals surface area contributed by atoms with E-state index in [-0.39, 0.29) is 4.87 Å². The molecule has 0 bridgehead atoms. The highest BCUT2D eigenvalue weighted by Crippen LogP contribution is 2.46. The molecule has 0 heterocycles. The number of benzene rings is 1. The first-order valence-corrected chi connectivity index (χ1v) is 5.60. The minimum atomic E-state index is 0.0632. The maximum absolute atomic E-state index is 6.01. The van der Waals surface area contributed by atoms with Gasteiger partial charge in [-0.25, -0.2) is 0 Å². The minimum absolute atomic E-state index is 0.0632. The summed E-state index contributed by atoms with van der Waals surface area (Å²) in [5.41, 5.74) is 7.41. The van der Waals surface area contributed by atoms with Gasteiger partial charge >= 0.3 is 0 Å². The SMILES string of the molecule is CCc1ccc(SC2(N)CC2)cc1. The zero-order valence-corrected chi connectivity index (χ0v) is 8.73. The predicted molar refractivity (Wildman–Crippen MR) is 57.8 cm³/mol. The second-order valence-corrected chi connectivity index (χ2v) is 5.15. The number of hydrogen-bond donors (Lipinski definition) is 1. The Morgan fingerprint density at radius 1 is 1.31 bits per heavy atom. The van der Waals surface area contributed by atoms with Gasteiger partial charge in [-0.2, -0.15) is 0 Å². The Hall–Kier alpha value is -0.470. The topological polar surface area (TPSA) is 26.0 Å². The lowest BCUT2D eigenvalue weighted by Gasteiger charge is -2.07. The first-order chi connectivity index (χ1) is 6.22. The smallest absolute Gasteiger partial charge is 0.0668 e. The summed E-state index contributed by atoms with van der Waals surface area (Å²) < 4.78 is 0. The normalized spacial score (nSPS) is 18.6. The van der Waals surface area contributed by atoms with Gasteiger partial charge in [-0.15, -0.1) is 11.8 Å². The van der Waals surface area contributed by atoms with Crippen LogP contribution >= 0.6 is 11.8 Å². The van der Waals surface area contributed by atoms with Crippen molar-refractivity contribution in [2.24, 2.45) is 5.73 Å². The Morgan fingerprint density at radius 2 is 1.92 bits per heavy atom. The van der Waals surface area contributed by atoms with Crippen molar-refractivity contribution in [3.8, 4) is 0 Å². The molecule has 1 aromatic carbocycles. The lowest BCUT2D eigenvalue weighted by molar-refractivity contribution is 0.981. The quantitative estimate of drug-likeness (QED) is 0.747. The molecule has 0 atom stereocenters. The third-order valence-electron chi connectivity index (χ3n) is 2.40. The van der Waals surface area contributed by atoms with Crippen LogP contribution in [0, 0.1) is 0 Å². The molecule has 2 rings (SSSR count). The number of rotatable bonds is 3. The van der Waals surface area contributed by atoms with Gasteiger partial charge in [0, 0.05) is 4.90 Å². The number of thioether (sulfide) groups is 1. The largest absolute Gasteiger partial charge is 0.317 e. The second-order valence-electron chi connectivity index (χ2n) is 3.66.